The van der Waals surface area contributed by atoms with Crippen LogP contribution >= 0.6 is 0 Å². The Hall–Kier alpha value is -3.60. The Morgan fingerprint density at radius 2 is 1.43 bits per heavy atom. The molecule has 2 amide bonds. The molecule has 0 bridgehead atoms. The van der Waals surface area contributed by atoms with E-state index in [2.05, 4.69) is 34.7 Å². The molecule has 0 spiro atoms. The fourth-order valence-corrected chi connectivity index (χ4v) is 3.81. The lowest BCUT2D eigenvalue weighted by molar-refractivity contribution is 0.0962. The van der Waals surface area contributed by atoms with Crippen molar-refractivity contribution in [3.05, 3.63) is 83.4 Å². The van der Waals surface area contributed by atoms with Gasteiger partial charge in [0.2, 0.25) is 0 Å². The van der Waals surface area contributed by atoms with E-state index < -0.39 is 0 Å². The molecule has 0 unspecified atom stereocenters. The van der Waals surface area contributed by atoms with Crippen LogP contribution < -0.4 is 15.5 Å². The summed E-state index contributed by atoms with van der Waals surface area (Å²) in [5.41, 5.74) is 6.53. The molecule has 5 nitrogen and oxygen atoms in total. The lowest BCUT2D eigenvalue weighted by atomic mass is 10.0. The summed E-state index contributed by atoms with van der Waals surface area (Å²) in [6.07, 6.45) is 2.25. The maximum atomic E-state index is 12.7. The van der Waals surface area contributed by atoms with E-state index in [0.717, 1.165) is 36.2 Å². The number of nitrogens with one attached hydrogen (secondary N) is 2. The van der Waals surface area contributed by atoms with E-state index in [1.165, 1.54) is 11.3 Å². The molecule has 152 valence electrons. The summed E-state index contributed by atoms with van der Waals surface area (Å²) < 4.78 is 0. The molecule has 1 aliphatic rings. The highest BCUT2D eigenvalue weighted by atomic mass is 16.2. The predicted octanol–water partition coefficient (Wildman–Crippen LogP) is 4.35. The van der Waals surface area contributed by atoms with E-state index in [1.54, 1.807) is 19.2 Å². The van der Waals surface area contributed by atoms with Crippen molar-refractivity contribution in [2.75, 3.05) is 30.9 Å². The Morgan fingerprint density at radius 3 is 2.03 bits per heavy atom. The first-order chi connectivity index (χ1) is 14.5. The van der Waals surface area contributed by atoms with Gasteiger partial charge < -0.3 is 15.5 Å². The van der Waals surface area contributed by atoms with Crippen LogP contribution in [0.5, 0.6) is 0 Å². The van der Waals surface area contributed by atoms with E-state index in [1.807, 2.05) is 42.5 Å². The second-order valence-corrected chi connectivity index (χ2v) is 7.56. The smallest absolute Gasteiger partial charge is 0.255 e. The standard InChI is InChI=1S/C25H25N3O2/c1-26-24(29)20-9-5-17(6-10-20)18-7-11-21(12-8-18)25(30)27-22-14-13-19-4-3-15-28(2)23(19)16-22/h5-14,16H,3-4,15H2,1-2H3,(H,26,29)(H,27,30). The number of benzene rings is 3. The van der Waals surface area contributed by atoms with Gasteiger partial charge in [-0.1, -0.05) is 30.3 Å². The van der Waals surface area contributed by atoms with Crippen molar-refractivity contribution in [2.24, 2.45) is 0 Å². The van der Waals surface area contributed by atoms with E-state index >= 15 is 0 Å². The highest BCUT2D eigenvalue weighted by Crippen LogP contribution is 2.29. The second kappa shape index (κ2) is 8.41. The first kappa shape index (κ1) is 19.7. The van der Waals surface area contributed by atoms with Gasteiger partial charge in [-0.3, -0.25) is 9.59 Å². The van der Waals surface area contributed by atoms with Crippen molar-refractivity contribution in [2.45, 2.75) is 12.8 Å². The van der Waals surface area contributed by atoms with Gasteiger partial charge in [-0.2, -0.15) is 0 Å². The van der Waals surface area contributed by atoms with Gasteiger partial charge in [0.1, 0.15) is 0 Å². The second-order valence-electron chi connectivity index (χ2n) is 7.56. The highest BCUT2D eigenvalue weighted by Gasteiger charge is 2.15. The Kier molecular flexibility index (Phi) is 5.53. The van der Waals surface area contributed by atoms with E-state index in [0.29, 0.717) is 11.1 Å². The molecule has 2 N–H and O–H groups in total. The number of fused-ring (bicyclic) bond motifs is 1. The minimum Gasteiger partial charge on any atom is -0.374 e. The number of hydrogen-bond donors (Lipinski definition) is 2. The Bertz CT molecular complexity index is 1070. The van der Waals surface area contributed by atoms with Crippen LogP contribution in [0.15, 0.2) is 66.7 Å². The Morgan fingerprint density at radius 1 is 0.833 bits per heavy atom. The summed E-state index contributed by atoms with van der Waals surface area (Å²) in [6, 6.07) is 21.0. The molecule has 3 aromatic carbocycles. The molecule has 0 atom stereocenters. The Labute approximate surface area is 176 Å². The molecule has 5 heteroatoms. The molecule has 1 heterocycles. The van der Waals surface area contributed by atoms with Crippen molar-refractivity contribution in [1.29, 1.82) is 0 Å². The van der Waals surface area contributed by atoms with Crippen molar-refractivity contribution in [1.82, 2.24) is 5.32 Å². The molecular formula is C25H25N3O2. The summed E-state index contributed by atoms with van der Waals surface area (Å²) >= 11 is 0. The molecule has 0 aromatic heterocycles. The predicted molar refractivity (Wildman–Crippen MR) is 121 cm³/mol. The minimum absolute atomic E-state index is 0.109. The molecule has 4 rings (SSSR count). The van der Waals surface area contributed by atoms with Crippen LogP contribution in [0.1, 0.15) is 32.7 Å². The molecule has 0 saturated carbocycles. The molecule has 0 fully saturated rings. The normalized spacial score (nSPS) is 12.8. The topological polar surface area (TPSA) is 61.4 Å². The number of nitrogens with zero attached hydrogens (tertiary/aromatic N) is 1. The molecule has 0 saturated heterocycles. The van der Waals surface area contributed by atoms with Crippen LogP contribution in [0.4, 0.5) is 11.4 Å². The number of amides is 2. The molecule has 3 aromatic rings. The van der Waals surface area contributed by atoms with Gasteiger partial charge in [-0.15, -0.1) is 0 Å². The summed E-state index contributed by atoms with van der Waals surface area (Å²) in [7, 11) is 3.70. The lowest BCUT2D eigenvalue weighted by Crippen LogP contribution is -2.24. The van der Waals surface area contributed by atoms with E-state index in [4.69, 9.17) is 0 Å². The average molecular weight is 399 g/mol. The maximum Gasteiger partial charge on any atom is 0.255 e. The molecule has 0 radical (unpaired) electrons. The van der Waals surface area contributed by atoms with Crippen LogP contribution in [0.25, 0.3) is 11.1 Å². The number of rotatable bonds is 4. The molecule has 1 aliphatic heterocycles. The third-order valence-electron chi connectivity index (χ3n) is 5.55. The van der Waals surface area contributed by atoms with Gasteiger partial charge >= 0.3 is 0 Å². The van der Waals surface area contributed by atoms with Gasteiger partial charge in [-0.05, 0) is 65.9 Å². The summed E-state index contributed by atoms with van der Waals surface area (Å²) in [6.45, 7) is 1.04. The van der Waals surface area contributed by atoms with Gasteiger partial charge in [0.25, 0.3) is 11.8 Å². The van der Waals surface area contributed by atoms with Gasteiger partial charge in [0.05, 0.1) is 0 Å². The lowest BCUT2D eigenvalue weighted by Gasteiger charge is -2.28. The van der Waals surface area contributed by atoms with Crippen molar-refractivity contribution < 1.29 is 9.59 Å². The van der Waals surface area contributed by atoms with Crippen LogP contribution in [-0.4, -0.2) is 32.5 Å². The summed E-state index contributed by atoms with van der Waals surface area (Å²) in [5.74, 6) is -0.239. The number of anilines is 2. The average Bonchev–Trinajstić information content (AvgIpc) is 2.79. The summed E-state index contributed by atoms with van der Waals surface area (Å²) in [5, 5.41) is 5.62. The Balaban J connectivity index is 1.47. The third kappa shape index (κ3) is 4.06. The zero-order valence-corrected chi connectivity index (χ0v) is 17.2. The molecular weight excluding hydrogens is 374 g/mol. The molecule has 0 aliphatic carbocycles. The monoisotopic (exact) mass is 399 g/mol. The number of hydrogen-bond acceptors (Lipinski definition) is 3. The van der Waals surface area contributed by atoms with Gasteiger partial charge in [-0.25, -0.2) is 0 Å². The van der Waals surface area contributed by atoms with Crippen LogP contribution in [0.2, 0.25) is 0 Å². The fourth-order valence-electron chi connectivity index (χ4n) is 3.81. The SMILES string of the molecule is CNC(=O)c1ccc(-c2ccc(C(=O)Nc3ccc4c(c3)N(C)CCC4)cc2)cc1. The van der Waals surface area contributed by atoms with Crippen LogP contribution in [0.3, 0.4) is 0 Å². The summed E-state index contributed by atoms with van der Waals surface area (Å²) in [4.78, 5) is 26.6. The minimum atomic E-state index is -0.130. The van der Waals surface area contributed by atoms with Crippen LogP contribution in [0, 0.1) is 0 Å². The first-order valence-electron chi connectivity index (χ1n) is 10.1. The van der Waals surface area contributed by atoms with Crippen LogP contribution in [-0.2, 0) is 6.42 Å². The maximum absolute atomic E-state index is 12.7. The largest absolute Gasteiger partial charge is 0.374 e. The highest BCUT2D eigenvalue weighted by molar-refractivity contribution is 6.04. The van der Waals surface area contributed by atoms with E-state index in [-0.39, 0.29) is 11.8 Å². The molecule has 30 heavy (non-hydrogen) atoms. The third-order valence-corrected chi connectivity index (χ3v) is 5.55. The van der Waals surface area contributed by atoms with Crippen molar-refractivity contribution >= 4 is 23.2 Å². The van der Waals surface area contributed by atoms with Gasteiger partial charge in [0, 0.05) is 43.1 Å². The number of aryl methyl sites for hydroxylation is 1. The fraction of sp³-hybridized carbons (Fsp3) is 0.200. The van der Waals surface area contributed by atoms with Crippen molar-refractivity contribution in [3.8, 4) is 11.1 Å². The quantitative estimate of drug-likeness (QED) is 0.686. The van der Waals surface area contributed by atoms with Gasteiger partial charge in [0.15, 0.2) is 0 Å². The zero-order chi connectivity index (χ0) is 21.1. The van der Waals surface area contributed by atoms with Crippen molar-refractivity contribution in [3.63, 3.8) is 0 Å². The zero-order valence-electron chi connectivity index (χ0n) is 17.2. The number of carbonyl (C=O) groups excluding carboxylic acids is 2. The number of carbonyl (C=O) groups is 2. The first-order valence-corrected chi connectivity index (χ1v) is 10.1. The van der Waals surface area contributed by atoms with E-state index in [9.17, 15) is 9.59 Å².